The first-order chi connectivity index (χ1) is 22.8. The number of nitrogens with zero attached hydrogens (tertiary/aromatic N) is 2. The molecule has 0 atom stereocenters. The number of ether oxygens (including phenoxy) is 1. The molecule has 0 radical (unpaired) electrons. The molecule has 3 nitrogen and oxygen atoms in total. The van der Waals surface area contributed by atoms with Gasteiger partial charge in [0.05, 0.1) is 0 Å². The Bertz CT molecular complexity index is 1760. The summed E-state index contributed by atoms with van der Waals surface area (Å²) in [6.45, 7) is 0. The third-order valence-corrected chi connectivity index (χ3v) is 9.49. The second kappa shape index (κ2) is 14.2. The highest BCUT2D eigenvalue weighted by Crippen LogP contribution is 2.40. The highest BCUT2D eigenvalue weighted by molar-refractivity contribution is 7.17. The van der Waals surface area contributed by atoms with Crippen molar-refractivity contribution in [3.8, 4) is 0 Å². The van der Waals surface area contributed by atoms with Crippen LogP contribution in [0.4, 0.5) is 32.8 Å². The Morgan fingerprint density at radius 1 is 0.413 bits per heavy atom. The molecule has 0 spiro atoms. The summed E-state index contributed by atoms with van der Waals surface area (Å²) in [7, 11) is 0. The Kier molecular flexibility index (Phi) is 9.04. The normalized spacial score (nSPS) is 13.0. The lowest BCUT2D eigenvalue weighted by atomic mass is 10.2. The van der Waals surface area contributed by atoms with E-state index in [0.717, 1.165) is 60.4 Å². The van der Waals surface area contributed by atoms with E-state index in [2.05, 4.69) is 168 Å². The molecule has 0 fully saturated rings. The van der Waals surface area contributed by atoms with Crippen LogP contribution in [-0.4, -0.2) is 0 Å². The van der Waals surface area contributed by atoms with Gasteiger partial charge in [-0.2, -0.15) is 0 Å². The Morgan fingerprint density at radius 3 is 1.11 bits per heavy atom. The summed E-state index contributed by atoms with van der Waals surface area (Å²) in [6, 6.07) is 50.6. The van der Waals surface area contributed by atoms with Gasteiger partial charge in [0.25, 0.3) is 0 Å². The van der Waals surface area contributed by atoms with Gasteiger partial charge in [-0.25, -0.2) is 0 Å². The van der Waals surface area contributed by atoms with E-state index in [0.29, 0.717) is 0 Å². The largest absolute Gasteiger partial charge is 0.458 e. The van der Waals surface area contributed by atoms with Gasteiger partial charge in [0.15, 0.2) is 0 Å². The van der Waals surface area contributed by atoms with Crippen LogP contribution in [0.5, 0.6) is 0 Å². The molecule has 0 N–H and O–H groups in total. The van der Waals surface area contributed by atoms with E-state index in [1.807, 2.05) is 24.3 Å². The molecule has 4 aromatic carbocycles. The summed E-state index contributed by atoms with van der Waals surface area (Å²) in [5.41, 5.74) is 4.54. The van der Waals surface area contributed by atoms with Gasteiger partial charge >= 0.3 is 0 Å². The van der Waals surface area contributed by atoms with Crippen molar-refractivity contribution in [1.82, 2.24) is 0 Å². The minimum atomic E-state index is 0.830. The second-order valence-corrected chi connectivity index (χ2v) is 12.8. The van der Waals surface area contributed by atoms with Crippen LogP contribution in [0.1, 0.15) is 16.2 Å². The average molecular weight is 633 g/mol. The quantitative estimate of drug-likeness (QED) is 0.149. The number of benzene rings is 4. The van der Waals surface area contributed by atoms with E-state index in [1.165, 1.54) is 0 Å². The van der Waals surface area contributed by atoms with Crippen LogP contribution in [0.3, 0.4) is 0 Å². The molecule has 7 rings (SSSR count). The van der Waals surface area contributed by atoms with Crippen LogP contribution in [-0.2, 0) is 4.74 Å². The molecule has 0 saturated heterocycles. The number of anilines is 6. The fourth-order valence-electron chi connectivity index (χ4n) is 5.26. The molecule has 0 aliphatic carbocycles. The Morgan fingerprint density at radius 2 is 0.761 bits per heavy atom. The Labute approximate surface area is 278 Å². The zero-order valence-corrected chi connectivity index (χ0v) is 26.8. The molecular formula is C41H32N2OS2. The van der Waals surface area contributed by atoms with Crippen molar-refractivity contribution in [3.63, 3.8) is 0 Å². The van der Waals surface area contributed by atoms with E-state index in [1.54, 1.807) is 22.7 Å². The molecular weight excluding hydrogens is 601 g/mol. The number of hydrogen-bond acceptors (Lipinski definition) is 5. The number of hydrogen-bond donors (Lipinski definition) is 0. The molecule has 5 heteroatoms. The van der Waals surface area contributed by atoms with Crippen molar-refractivity contribution >= 4 is 67.6 Å². The number of para-hydroxylation sites is 4. The van der Waals surface area contributed by atoms with E-state index >= 15 is 0 Å². The van der Waals surface area contributed by atoms with Crippen molar-refractivity contribution in [2.24, 2.45) is 0 Å². The zero-order valence-electron chi connectivity index (χ0n) is 25.1. The fraction of sp³-hybridized carbons (Fsp3) is 0.0244. The smallest absolute Gasteiger partial charge is 0.123 e. The lowest BCUT2D eigenvalue weighted by Gasteiger charge is -2.23. The first-order valence-electron chi connectivity index (χ1n) is 15.2. The molecule has 1 aliphatic heterocycles. The Hall–Kier alpha value is -5.36. The summed E-state index contributed by atoms with van der Waals surface area (Å²) < 4.78 is 6.25. The summed E-state index contributed by atoms with van der Waals surface area (Å²) >= 11 is 3.51. The van der Waals surface area contributed by atoms with Crippen LogP contribution < -0.4 is 9.80 Å². The maximum atomic E-state index is 6.25. The van der Waals surface area contributed by atoms with Gasteiger partial charge in [0, 0.05) is 32.5 Å². The number of rotatable bonds is 10. The maximum Gasteiger partial charge on any atom is 0.123 e. The van der Waals surface area contributed by atoms with Crippen LogP contribution in [0.15, 0.2) is 181 Å². The Balaban J connectivity index is 1.03. The van der Waals surface area contributed by atoms with Crippen LogP contribution in [0.2, 0.25) is 0 Å². The van der Waals surface area contributed by atoms with Crippen molar-refractivity contribution in [2.75, 3.05) is 9.80 Å². The summed E-state index contributed by atoms with van der Waals surface area (Å²) in [6.07, 6.45) is 13.4. The summed E-state index contributed by atoms with van der Waals surface area (Å²) in [5, 5.41) is 2.32. The molecule has 3 heterocycles. The van der Waals surface area contributed by atoms with E-state index in [-0.39, 0.29) is 0 Å². The third-order valence-electron chi connectivity index (χ3n) is 7.42. The first kappa shape index (κ1) is 29.4. The van der Waals surface area contributed by atoms with Gasteiger partial charge < -0.3 is 14.5 Å². The van der Waals surface area contributed by atoms with Gasteiger partial charge in [-0.1, -0.05) is 72.8 Å². The molecule has 0 unspecified atom stereocenters. The monoisotopic (exact) mass is 632 g/mol. The van der Waals surface area contributed by atoms with Gasteiger partial charge in [-0.3, -0.25) is 0 Å². The predicted octanol–water partition coefficient (Wildman–Crippen LogP) is 12.7. The molecule has 1 aliphatic rings. The SMILES string of the molecule is C1=C(/C=C/c2ccc(N(c3ccccc3)c3ccccc3)s2)OC(/C=C/c2ccc(N(c3ccccc3)c3ccccc3)s2)=CC1. The topological polar surface area (TPSA) is 15.7 Å². The average Bonchev–Trinajstić information content (AvgIpc) is 3.79. The molecule has 46 heavy (non-hydrogen) atoms. The van der Waals surface area contributed by atoms with Gasteiger partial charge in [-0.15, -0.1) is 22.7 Å². The molecule has 0 saturated carbocycles. The van der Waals surface area contributed by atoms with E-state index in [9.17, 15) is 0 Å². The van der Waals surface area contributed by atoms with Gasteiger partial charge in [-0.05, 0) is 116 Å². The lowest BCUT2D eigenvalue weighted by molar-refractivity contribution is 0.327. The van der Waals surface area contributed by atoms with Crippen molar-refractivity contribution < 1.29 is 4.74 Å². The summed E-state index contributed by atoms with van der Waals surface area (Å²) in [5.74, 6) is 1.71. The van der Waals surface area contributed by atoms with Gasteiger partial charge in [0.2, 0.25) is 0 Å². The van der Waals surface area contributed by atoms with Crippen molar-refractivity contribution in [2.45, 2.75) is 6.42 Å². The predicted molar refractivity (Wildman–Crippen MR) is 198 cm³/mol. The molecule has 6 aromatic rings. The molecule has 224 valence electrons. The standard InChI is InChI=1S/C41H32N2OS2/c1-5-14-32(15-6-1)42(33-16-7-2-8-17-33)40-30-28-38(45-40)26-24-36-22-13-23-37(44-36)25-27-39-29-31-41(46-39)43(34-18-9-3-10-19-34)35-20-11-4-12-21-35/h1-12,14-31H,13H2/b26-24+,27-25+. The number of thiophene rings is 2. The van der Waals surface area contributed by atoms with Crippen molar-refractivity contribution in [1.29, 1.82) is 0 Å². The van der Waals surface area contributed by atoms with Crippen LogP contribution in [0, 0.1) is 0 Å². The highest BCUT2D eigenvalue weighted by atomic mass is 32.1. The summed E-state index contributed by atoms with van der Waals surface area (Å²) in [4.78, 5) is 6.91. The number of allylic oxidation sites excluding steroid dienone is 4. The second-order valence-electron chi connectivity index (χ2n) is 10.6. The fourth-order valence-corrected chi connectivity index (χ4v) is 7.17. The molecule has 2 aromatic heterocycles. The zero-order chi connectivity index (χ0) is 31.0. The highest BCUT2D eigenvalue weighted by Gasteiger charge is 2.15. The van der Waals surface area contributed by atoms with E-state index in [4.69, 9.17) is 4.74 Å². The van der Waals surface area contributed by atoms with E-state index < -0.39 is 0 Å². The molecule has 0 amide bonds. The minimum absolute atomic E-state index is 0.830. The van der Waals surface area contributed by atoms with Crippen LogP contribution in [0.25, 0.3) is 12.2 Å². The third kappa shape index (κ3) is 6.97. The maximum absolute atomic E-state index is 6.25. The van der Waals surface area contributed by atoms with Crippen molar-refractivity contribution in [3.05, 3.63) is 191 Å². The first-order valence-corrected chi connectivity index (χ1v) is 16.9. The lowest BCUT2D eigenvalue weighted by Crippen LogP contribution is -2.07. The minimum Gasteiger partial charge on any atom is -0.458 e. The van der Waals surface area contributed by atoms with Gasteiger partial charge in [0.1, 0.15) is 21.5 Å². The van der Waals surface area contributed by atoms with Crippen LogP contribution >= 0.6 is 22.7 Å². The molecule has 0 bridgehead atoms.